The zero-order valence-corrected chi connectivity index (χ0v) is 12.3. The zero-order chi connectivity index (χ0) is 14.7. The molecule has 0 aliphatic carbocycles. The predicted octanol–water partition coefficient (Wildman–Crippen LogP) is 1.93. The molecule has 0 spiro atoms. The van der Waals surface area contributed by atoms with Gasteiger partial charge in [0, 0.05) is 6.54 Å². The summed E-state index contributed by atoms with van der Waals surface area (Å²) in [5.74, 6) is 1.35. The molecule has 0 bridgehead atoms. The lowest BCUT2D eigenvalue weighted by Gasteiger charge is -2.28. The molecule has 1 N–H and O–H groups in total. The van der Waals surface area contributed by atoms with E-state index in [9.17, 15) is 5.11 Å². The van der Waals surface area contributed by atoms with Crippen LogP contribution in [0.5, 0.6) is 0 Å². The second-order valence-corrected chi connectivity index (χ2v) is 5.74. The minimum atomic E-state index is -0.225. The fourth-order valence-corrected chi connectivity index (χ4v) is 2.77. The number of β-amino-alcohol motifs (C(OH)–C–C–N with tert-alkyl or cyclic N) is 1. The molecule has 1 atom stereocenters. The molecule has 2 aromatic rings. The second-order valence-electron chi connectivity index (χ2n) is 5.74. The van der Waals surface area contributed by atoms with E-state index in [4.69, 9.17) is 4.52 Å². The van der Waals surface area contributed by atoms with Crippen LogP contribution < -0.4 is 0 Å². The number of nitrogens with zero attached hydrogens (tertiary/aromatic N) is 3. The number of hydrogen-bond acceptors (Lipinski definition) is 5. The first-order valence-corrected chi connectivity index (χ1v) is 7.47. The van der Waals surface area contributed by atoms with Gasteiger partial charge < -0.3 is 9.63 Å². The van der Waals surface area contributed by atoms with E-state index < -0.39 is 0 Å². The van der Waals surface area contributed by atoms with Crippen molar-refractivity contribution in [1.82, 2.24) is 15.0 Å². The van der Waals surface area contributed by atoms with Gasteiger partial charge in [-0.1, -0.05) is 29.4 Å². The number of aliphatic hydroxyl groups is 1. The Kier molecular flexibility index (Phi) is 4.31. The molecule has 1 aliphatic heterocycles. The first-order valence-electron chi connectivity index (χ1n) is 7.47. The van der Waals surface area contributed by atoms with Gasteiger partial charge in [0.25, 0.3) is 0 Å². The van der Waals surface area contributed by atoms with Crippen LogP contribution >= 0.6 is 0 Å². The van der Waals surface area contributed by atoms with Gasteiger partial charge in [-0.15, -0.1) is 0 Å². The summed E-state index contributed by atoms with van der Waals surface area (Å²) < 4.78 is 5.34. The van der Waals surface area contributed by atoms with Crippen molar-refractivity contribution in [1.29, 1.82) is 0 Å². The van der Waals surface area contributed by atoms with Gasteiger partial charge in [-0.3, -0.25) is 4.90 Å². The smallest absolute Gasteiger partial charge is 0.231 e. The van der Waals surface area contributed by atoms with E-state index in [1.807, 2.05) is 12.1 Å². The summed E-state index contributed by atoms with van der Waals surface area (Å²) in [6.45, 7) is 4.41. The third-order valence-electron chi connectivity index (χ3n) is 3.96. The minimum Gasteiger partial charge on any atom is -0.392 e. The zero-order valence-electron chi connectivity index (χ0n) is 12.3. The summed E-state index contributed by atoms with van der Waals surface area (Å²) in [4.78, 5) is 6.64. The molecule has 112 valence electrons. The number of likely N-dealkylation sites (tertiary alicyclic amines) is 1. The third-order valence-corrected chi connectivity index (χ3v) is 3.96. The Balaban J connectivity index is 1.62. The molecule has 5 nitrogen and oxygen atoms in total. The topological polar surface area (TPSA) is 62.4 Å². The average Bonchev–Trinajstić information content (AvgIpc) is 2.89. The van der Waals surface area contributed by atoms with Crippen molar-refractivity contribution in [3.05, 3.63) is 47.1 Å². The van der Waals surface area contributed by atoms with Gasteiger partial charge in [-0.25, -0.2) is 0 Å². The molecule has 1 aliphatic rings. The highest BCUT2D eigenvalue weighted by Crippen LogP contribution is 2.15. The maximum atomic E-state index is 9.68. The standard InChI is InChI=1S/C16H21N3O2/c1-12-5-2-3-6-13(12)9-16-17-15(18-21-16)11-19-8-4-7-14(20)10-19/h2-3,5-6,14,20H,4,7-11H2,1H3. The second kappa shape index (κ2) is 6.37. The maximum absolute atomic E-state index is 9.68. The predicted molar refractivity (Wildman–Crippen MR) is 78.8 cm³/mol. The highest BCUT2D eigenvalue weighted by Gasteiger charge is 2.19. The Hall–Kier alpha value is -1.72. The molecule has 1 fully saturated rings. The van der Waals surface area contributed by atoms with Crippen LogP contribution in [0.4, 0.5) is 0 Å². The van der Waals surface area contributed by atoms with Gasteiger partial charge in [0.05, 0.1) is 19.1 Å². The van der Waals surface area contributed by atoms with Gasteiger partial charge in [-0.2, -0.15) is 4.98 Å². The van der Waals surface area contributed by atoms with E-state index >= 15 is 0 Å². The summed E-state index contributed by atoms with van der Waals surface area (Å²) in [7, 11) is 0. The average molecular weight is 287 g/mol. The van der Waals surface area contributed by atoms with Crippen LogP contribution in [0.3, 0.4) is 0 Å². The van der Waals surface area contributed by atoms with Crippen molar-refractivity contribution in [3.8, 4) is 0 Å². The van der Waals surface area contributed by atoms with Crippen molar-refractivity contribution in [2.24, 2.45) is 0 Å². The van der Waals surface area contributed by atoms with E-state index in [2.05, 4.69) is 34.1 Å². The third kappa shape index (κ3) is 3.68. The first kappa shape index (κ1) is 14.2. The molecule has 2 heterocycles. The summed E-state index contributed by atoms with van der Waals surface area (Å²) in [6, 6.07) is 8.22. The molecule has 0 radical (unpaired) electrons. The highest BCUT2D eigenvalue weighted by atomic mass is 16.5. The van der Waals surface area contributed by atoms with E-state index in [-0.39, 0.29) is 6.10 Å². The van der Waals surface area contributed by atoms with Gasteiger partial charge >= 0.3 is 0 Å². The van der Waals surface area contributed by atoms with Crippen LogP contribution in [0.15, 0.2) is 28.8 Å². The fraction of sp³-hybridized carbons (Fsp3) is 0.500. The van der Waals surface area contributed by atoms with Crippen molar-refractivity contribution >= 4 is 0 Å². The van der Waals surface area contributed by atoms with Crippen molar-refractivity contribution in [2.45, 2.75) is 38.8 Å². The minimum absolute atomic E-state index is 0.225. The van der Waals surface area contributed by atoms with Crippen LogP contribution in [-0.2, 0) is 13.0 Å². The fourth-order valence-electron chi connectivity index (χ4n) is 2.77. The number of hydrogen-bond donors (Lipinski definition) is 1. The Bertz CT molecular complexity index is 597. The van der Waals surface area contributed by atoms with Gasteiger partial charge in [0.1, 0.15) is 0 Å². The molecule has 0 saturated carbocycles. The number of aliphatic hydroxyl groups excluding tert-OH is 1. The molecule has 1 aromatic heterocycles. The Labute approximate surface area is 124 Å². The van der Waals surface area contributed by atoms with Crippen LogP contribution in [0.2, 0.25) is 0 Å². The van der Waals surface area contributed by atoms with E-state index in [1.165, 1.54) is 11.1 Å². The molecule has 1 saturated heterocycles. The summed E-state index contributed by atoms with van der Waals surface area (Å²) in [6.07, 6.45) is 2.36. The number of benzene rings is 1. The summed E-state index contributed by atoms with van der Waals surface area (Å²) >= 11 is 0. The number of aryl methyl sites for hydroxylation is 1. The number of rotatable bonds is 4. The molecule has 0 amide bonds. The van der Waals surface area contributed by atoms with Crippen LogP contribution in [0.1, 0.15) is 35.7 Å². The Morgan fingerprint density at radius 3 is 3.05 bits per heavy atom. The van der Waals surface area contributed by atoms with Gasteiger partial charge in [-0.05, 0) is 37.4 Å². The highest BCUT2D eigenvalue weighted by molar-refractivity contribution is 5.27. The summed E-state index contributed by atoms with van der Waals surface area (Å²) in [5, 5.41) is 13.7. The largest absolute Gasteiger partial charge is 0.392 e. The first-order chi connectivity index (χ1) is 10.2. The van der Waals surface area contributed by atoms with Crippen LogP contribution in [-0.4, -0.2) is 39.3 Å². The lowest BCUT2D eigenvalue weighted by Crippen LogP contribution is -2.37. The normalized spacial score (nSPS) is 19.8. The molecule has 5 heteroatoms. The Morgan fingerprint density at radius 2 is 2.24 bits per heavy atom. The number of piperidine rings is 1. The van der Waals surface area contributed by atoms with E-state index in [0.29, 0.717) is 31.2 Å². The quantitative estimate of drug-likeness (QED) is 0.931. The lowest BCUT2D eigenvalue weighted by molar-refractivity contribution is 0.0651. The van der Waals surface area contributed by atoms with Crippen molar-refractivity contribution < 1.29 is 9.63 Å². The molecular weight excluding hydrogens is 266 g/mol. The van der Waals surface area contributed by atoms with Crippen molar-refractivity contribution in [2.75, 3.05) is 13.1 Å². The molecule has 3 rings (SSSR count). The molecule has 21 heavy (non-hydrogen) atoms. The SMILES string of the molecule is Cc1ccccc1Cc1nc(CN2CCCC(O)C2)no1. The maximum Gasteiger partial charge on any atom is 0.231 e. The van der Waals surface area contributed by atoms with E-state index in [0.717, 1.165) is 19.4 Å². The van der Waals surface area contributed by atoms with E-state index in [1.54, 1.807) is 0 Å². The van der Waals surface area contributed by atoms with Crippen LogP contribution in [0, 0.1) is 6.92 Å². The summed E-state index contributed by atoms with van der Waals surface area (Å²) in [5.41, 5.74) is 2.44. The number of aromatic nitrogens is 2. The Morgan fingerprint density at radius 1 is 1.38 bits per heavy atom. The monoisotopic (exact) mass is 287 g/mol. The van der Waals surface area contributed by atoms with Crippen molar-refractivity contribution in [3.63, 3.8) is 0 Å². The molecule has 1 aromatic carbocycles. The van der Waals surface area contributed by atoms with Gasteiger partial charge in [0.15, 0.2) is 5.82 Å². The molecular formula is C16H21N3O2. The lowest BCUT2D eigenvalue weighted by atomic mass is 10.1. The van der Waals surface area contributed by atoms with Crippen LogP contribution in [0.25, 0.3) is 0 Å². The molecule has 1 unspecified atom stereocenters. The van der Waals surface area contributed by atoms with Gasteiger partial charge in [0.2, 0.25) is 5.89 Å².